The van der Waals surface area contributed by atoms with Crippen LogP contribution in [0.3, 0.4) is 0 Å². The van der Waals surface area contributed by atoms with E-state index in [1.54, 1.807) is 0 Å². The molecule has 0 unspecified atom stereocenters. The molecule has 0 radical (unpaired) electrons. The molecule has 0 fully saturated rings. The fourth-order valence-corrected chi connectivity index (χ4v) is 8.21. The van der Waals surface area contributed by atoms with Crippen LogP contribution in [0.2, 0.25) is 0 Å². The van der Waals surface area contributed by atoms with E-state index in [4.69, 9.17) is 9.97 Å². The number of nitrogens with zero attached hydrogens (tertiary/aromatic N) is 2. The molecule has 8 bridgehead atoms. The summed E-state index contributed by atoms with van der Waals surface area (Å²) in [5.41, 5.74) is 18.9. The molecule has 0 spiro atoms. The Hall–Kier alpha value is -3.66. The lowest BCUT2D eigenvalue weighted by Crippen LogP contribution is -2.23. The number of fused-ring (bicyclic) bond motifs is 8. The van der Waals surface area contributed by atoms with Gasteiger partial charge in [0.2, 0.25) is 0 Å². The van der Waals surface area contributed by atoms with Crippen molar-refractivity contribution in [2.45, 2.75) is 112 Å². The summed E-state index contributed by atoms with van der Waals surface area (Å²) in [6.45, 7) is 18.3. The van der Waals surface area contributed by atoms with Crippen LogP contribution in [0.4, 0.5) is 0 Å². The Morgan fingerprint density at radius 2 is 1.12 bits per heavy atom. The maximum Gasteiger partial charge on any atom is 0.0769 e. The first-order chi connectivity index (χ1) is 20.9. The highest BCUT2D eigenvalue weighted by atomic mass is 14.8. The number of rotatable bonds is 8. The molecule has 2 N–H and O–H groups in total. The summed E-state index contributed by atoms with van der Waals surface area (Å²) in [5.74, 6) is 0. The van der Waals surface area contributed by atoms with Gasteiger partial charge in [-0.3, -0.25) is 4.98 Å². The molecule has 4 nitrogen and oxygen atoms in total. The largest absolute Gasteiger partial charge is 0.355 e. The third-order valence-electron chi connectivity index (χ3n) is 10.5. The van der Waals surface area contributed by atoms with Crippen molar-refractivity contribution in [2.75, 3.05) is 0 Å². The van der Waals surface area contributed by atoms with E-state index in [-0.39, 0.29) is 5.41 Å². The topological polar surface area (TPSA) is 57.4 Å². The van der Waals surface area contributed by atoms with Crippen molar-refractivity contribution in [3.05, 3.63) is 81.3 Å². The molecule has 6 rings (SSSR count). The van der Waals surface area contributed by atoms with E-state index in [2.05, 4.69) is 102 Å². The predicted octanol–water partition coefficient (Wildman–Crippen LogP) is 10.6. The Bertz CT molecular complexity index is 1910. The van der Waals surface area contributed by atoms with Crippen LogP contribution in [-0.4, -0.2) is 19.9 Å². The van der Waals surface area contributed by atoms with E-state index in [0.29, 0.717) is 0 Å². The highest BCUT2D eigenvalue weighted by Gasteiger charge is 2.38. The lowest BCUT2D eigenvalue weighted by molar-refractivity contribution is 0.482. The zero-order chi connectivity index (χ0) is 30.5. The van der Waals surface area contributed by atoms with Gasteiger partial charge in [-0.1, -0.05) is 73.6 Å². The zero-order valence-corrected chi connectivity index (χ0v) is 27.5. The number of aromatic nitrogens is 4. The van der Waals surface area contributed by atoms with Crippen LogP contribution in [-0.2, 0) is 31.1 Å². The van der Waals surface area contributed by atoms with Crippen LogP contribution in [0.15, 0.2) is 36.4 Å². The third-order valence-corrected chi connectivity index (χ3v) is 10.5. The van der Waals surface area contributed by atoms with Crippen molar-refractivity contribution in [3.63, 3.8) is 0 Å². The lowest BCUT2D eigenvalue weighted by atomic mass is 9.74. The van der Waals surface area contributed by atoms with Gasteiger partial charge in [0, 0.05) is 32.9 Å². The maximum absolute atomic E-state index is 5.53. The molecular weight excluding hydrogens is 524 g/mol. The van der Waals surface area contributed by atoms with Gasteiger partial charge in [-0.15, -0.1) is 0 Å². The summed E-state index contributed by atoms with van der Waals surface area (Å²) < 4.78 is 0. The Kier molecular flexibility index (Phi) is 7.83. The summed E-state index contributed by atoms with van der Waals surface area (Å²) in [6.07, 6.45) is 7.88. The second-order valence-corrected chi connectivity index (χ2v) is 12.2. The molecule has 2 aliphatic heterocycles. The summed E-state index contributed by atoms with van der Waals surface area (Å²) in [6, 6.07) is 13.9. The maximum atomic E-state index is 5.53. The van der Waals surface area contributed by atoms with E-state index in [0.717, 1.165) is 68.3 Å². The van der Waals surface area contributed by atoms with Gasteiger partial charge in [-0.2, -0.15) is 0 Å². The van der Waals surface area contributed by atoms with Gasteiger partial charge in [0.05, 0.1) is 22.6 Å². The SMILES string of the molecule is CCC1=C(CC)c2nc1cc1[nH]c(cc3[nH]c(cc4nc5c(cccc25)C4(CC)CC)c(CC)c3CC)c(CC)c1CC. The predicted molar refractivity (Wildman–Crippen MR) is 185 cm³/mol. The number of H-pyrrole nitrogens is 2. The van der Waals surface area contributed by atoms with Crippen LogP contribution in [0.25, 0.3) is 44.1 Å². The Morgan fingerprint density at radius 1 is 0.581 bits per heavy atom. The fraction of sp³-hybridized carbons (Fsp3) is 0.436. The molecule has 43 heavy (non-hydrogen) atoms. The summed E-state index contributed by atoms with van der Waals surface area (Å²) >= 11 is 0. The molecule has 5 heterocycles. The van der Waals surface area contributed by atoms with Crippen molar-refractivity contribution in [2.24, 2.45) is 0 Å². The van der Waals surface area contributed by atoms with Crippen LogP contribution in [0.5, 0.6) is 0 Å². The molecule has 0 amide bonds. The van der Waals surface area contributed by atoms with Gasteiger partial charge >= 0.3 is 0 Å². The highest BCUT2D eigenvalue weighted by Crippen LogP contribution is 2.46. The van der Waals surface area contributed by atoms with Crippen molar-refractivity contribution in [3.8, 4) is 0 Å². The molecule has 224 valence electrons. The third kappa shape index (κ3) is 4.31. The molecule has 1 aromatic carbocycles. The zero-order valence-electron chi connectivity index (χ0n) is 27.5. The van der Waals surface area contributed by atoms with E-state index in [1.807, 2.05) is 0 Å². The van der Waals surface area contributed by atoms with E-state index in [1.165, 1.54) is 72.1 Å². The van der Waals surface area contributed by atoms with Crippen molar-refractivity contribution in [1.29, 1.82) is 0 Å². The van der Waals surface area contributed by atoms with Crippen molar-refractivity contribution in [1.82, 2.24) is 19.9 Å². The minimum Gasteiger partial charge on any atom is -0.355 e. The summed E-state index contributed by atoms with van der Waals surface area (Å²) in [4.78, 5) is 18.7. The van der Waals surface area contributed by atoms with Gasteiger partial charge < -0.3 is 9.97 Å². The quantitative estimate of drug-likeness (QED) is 0.221. The number of benzene rings is 1. The van der Waals surface area contributed by atoms with E-state index >= 15 is 0 Å². The molecule has 0 saturated heterocycles. The lowest BCUT2D eigenvalue weighted by Gasteiger charge is -2.27. The van der Waals surface area contributed by atoms with Crippen LogP contribution in [0, 0.1) is 0 Å². The van der Waals surface area contributed by atoms with Gasteiger partial charge in [0.1, 0.15) is 0 Å². The monoisotopic (exact) mass is 572 g/mol. The number of para-hydroxylation sites is 1. The highest BCUT2D eigenvalue weighted by molar-refractivity contribution is 6.02. The first kappa shape index (κ1) is 29.4. The standard InChI is InChI=1S/C39H48N4/c1-9-23-24(10-2)33-21-34-27(13-5)28(14-6)37(42-34)29-18-17-19-30-38(29)43-36(39(30,15-7)16-8)22-35-26(12-4)25(11-3)32(41-35)20-31(23)40-33/h17-22,40-41H,9-16H2,1-8H3. The molecular formula is C39H48N4. The Balaban J connectivity index is 1.91. The fourth-order valence-electron chi connectivity index (χ4n) is 8.21. The average molecular weight is 573 g/mol. The van der Waals surface area contributed by atoms with Gasteiger partial charge in [-0.25, -0.2) is 4.98 Å². The second-order valence-electron chi connectivity index (χ2n) is 12.2. The average Bonchev–Trinajstić information content (AvgIpc) is 3.74. The molecule has 4 aromatic rings. The minimum atomic E-state index is -0.118. The van der Waals surface area contributed by atoms with Gasteiger partial charge in [0.15, 0.2) is 0 Å². The van der Waals surface area contributed by atoms with E-state index in [9.17, 15) is 0 Å². The number of hydrogen-bond donors (Lipinski definition) is 2. The number of aryl methyl sites for hydroxylation is 4. The van der Waals surface area contributed by atoms with Crippen molar-refractivity contribution >= 4 is 44.1 Å². The molecule has 2 aliphatic rings. The Labute approximate surface area is 257 Å². The molecule has 3 aromatic heterocycles. The van der Waals surface area contributed by atoms with Crippen LogP contribution in [0.1, 0.15) is 126 Å². The number of allylic oxidation sites excluding steroid dienone is 2. The van der Waals surface area contributed by atoms with Crippen LogP contribution >= 0.6 is 0 Å². The molecule has 0 saturated carbocycles. The molecule has 0 atom stereocenters. The molecule has 0 aliphatic carbocycles. The first-order valence-electron chi connectivity index (χ1n) is 16.9. The number of nitrogens with one attached hydrogen (secondary N) is 2. The van der Waals surface area contributed by atoms with Crippen molar-refractivity contribution < 1.29 is 0 Å². The van der Waals surface area contributed by atoms with Gasteiger partial charge in [-0.05, 0) is 109 Å². The first-order valence-corrected chi connectivity index (χ1v) is 16.9. The second kappa shape index (κ2) is 11.4. The normalized spacial score (nSPS) is 14.4. The minimum absolute atomic E-state index is 0.118. The smallest absolute Gasteiger partial charge is 0.0769 e. The van der Waals surface area contributed by atoms with Gasteiger partial charge in [0.25, 0.3) is 0 Å². The number of hydrogen-bond acceptors (Lipinski definition) is 2. The summed E-state index contributed by atoms with van der Waals surface area (Å²) in [5, 5.41) is 1.17. The molecule has 4 heteroatoms. The van der Waals surface area contributed by atoms with Crippen LogP contribution < -0.4 is 0 Å². The summed E-state index contributed by atoms with van der Waals surface area (Å²) in [7, 11) is 0. The number of aromatic amines is 2. The Morgan fingerprint density at radius 3 is 1.63 bits per heavy atom. The van der Waals surface area contributed by atoms with E-state index < -0.39 is 0 Å².